The summed E-state index contributed by atoms with van der Waals surface area (Å²) in [5, 5.41) is 2.37. The zero-order valence-electron chi connectivity index (χ0n) is 11.5. The Morgan fingerprint density at radius 2 is 1.81 bits per heavy atom. The lowest BCUT2D eigenvalue weighted by Gasteiger charge is -2.21. The monoisotopic (exact) mass is 303 g/mol. The van der Waals surface area contributed by atoms with E-state index in [0.29, 0.717) is 6.07 Å². The van der Waals surface area contributed by atoms with E-state index in [4.69, 9.17) is 11.5 Å². The van der Waals surface area contributed by atoms with Crippen LogP contribution in [0.3, 0.4) is 0 Å². The van der Waals surface area contributed by atoms with Gasteiger partial charge in [0.05, 0.1) is 11.0 Å². The molecule has 0 spiro atoms. The summed E-state index contributed by atoms with van der Waals surface area (Å²) in [6.45, 7) is 2.94. The van der Waals surface area contributed by atoms with Gasteiger partial charge in [0.1, 0.15) is 0 Å². The van der Waals surface area contributed by atoms with Crippen LogP contribution in [0.15, 0.2) is 18.2 Å². The van der Waals surface area contributed by atoms with Gasteiger partial charge in [0.15, 0.2) is 0 Å². The number of rotatable bonds is 4. The predicted octanol–water partition coefficient (Wildman–Crippen LogP) is 1.53. The molecule has 0 aliphatic rings. The molecule has 0 aromatic heterocycles. The molecule has 116 valence electrons. The van der Waals surface area contributed by atoms with Gasteiger partial charge < -0.3 is 16.8 Å². The summed E-state index contributed by atoms with van der Waals surface area (Å²) in [6, 6.07) is 2.86. The molecule has 0 unspecified atom stereocenters. The van der Waals surface area contributed by atoms with Crippen LogP contribution in [-0.2, 0) is 11.0 Å². The quantitative estimate of drug-likeness (QED) is 0.736. The van der Waals surface area contributed by atoms with Gasteiger partial charge >= 0.3 is 6.18 Å². The molecule has 5 nitrogen and oxygen atoms in total. The van der Waals surface area contributed by atoms with Gasteiger partial charge in [-0.15, -0.1) is 0 Å². The van der Waals surface area contributed by atoms with Crippen molar-refractivity contribution >= 4 is 17.5 Å². The SMILES string of the molecule is CC(C)(CNC(=O)c1ccc(N)c(C(F)(F)F)c1)C(N)=O. The Bertz CT molecular complexity index is 568. The van der Waals surface area contributed by atoms with E-state index in [-0.39, 0.29) is 12.1 Å². The van der Waals surface area contributed by atoms with Crippen LogP contribution in [0.4, 0.5) is 18.9 Å². The second-order valence-electron chi connectivity index (χ2n) is 5.23. The minimum atomic E-state index is -4.65. The number of nitrogens with two attached hydrogens (primary N) is 2. The number of nitrogen functional groups attached to an aromatic ring is 1. The summed E-state index contributed by atoms with van der Waals surface area (Å²) < 4.78 is 38.1. The van der Waals surface area contributed by atoms with Crippen LogP contribution in [0, 0.1) is 5.41 Å². The van der Waals surface area contributed by atoms with E-state index >= 15 is 0 Å². The fraction of sp³-hybridized carbons (Fsp3) is 0.385. The Hall–Kier alpha value is -2.25. The summed E-state index contributed by atoms with van der Waals surface area (Å²) in [5.41, 5.74) is 7.64. The summed E-state index contributed by atoms with van der Waals surface area (Å²) in [7, 11) is 0. The largest absolute Gasteiger partial charge is 0.418 e. The average Bonchev–Trinajstić information content (AvgIpc) is 2.35. The summed E-state index contributed by atoms with van der Waals surface area (Å²) in [4.78, 5) is 22.9. The molecule has 0 saturated heterocycles. The molecule has 0 bridgehead atoms. The maximum absolute atomic E-state index is 12.7. The van der Waals surface area contributed by atoms with Crippen LogP contribution in [0.25, 0.3) is 0 Å². The van der Waals surface area contributed by atoms with Gasteiger partial charge in [-0.05, 0) is 32.0 Å². The van der Waals surface area contributed by atoms with E-state index in [1.807, 2.05) is 0 Å². The normalized spacial score (nSPS) is 12.0. The number of primary amides is 1. The highest BCUT2D eigenvalue weighted by molar-refractivity contribution is 5.95. The molecule has 0 aliphatic carbocycles. The van der Waals surface area contributed by atoms with Gasteiger partial charge in [-0.1, -0.05) is 0 Å². The molecule has 2 amide bonds. The van der Waals surface area contributed by atoms with E-state index in [1.54, 1.807) is 0 Å². The third-order valence-corrected chi connectivity index (χ3v) is 2.98. The fourth-order valence-corrected chi connectivity index (χ4v) is 1.43. The lowest BCUT2D eigenvalue weighted by atomic mass is 9.92. The molecule has 0 saturated carbocycles. The minimum absolute atomic E-state index is 0.0904. The van der Waals surface area contributed by atoms with Crippen molar-refractivity contribution in [1.29, 1.82) is 0 Å². The molecule has 0 atom stereocenters. The first kappa shape index (κ1) is 16.8. The van der Waals surface area contributed by atoms with Gasteiger partial charge in [0.25, 0.3) is 5.91 Å². The van der Waals surface area contributed by atoms with Crippen LogP contribution >= 0.6 is 0 Å². The van der Waals surface area contributed by atoms with Crippen LogP contribution in [-0.4, -0.2) is 18.4 Å². The molecule has 21 heavy (non-hydrogen) atoms. The number of benzene rings is 1. The van der Waals surface area contributed by atoms with E-state index in [0.717, 1.165) is 6.07 Å². The lowest BCUT2D eigenvalue weighted by molar-refractivity contribution is -0.137. The van der Waals surface area contributed by atoms with Gasteiger partial charge in [0.2, 0.25) is 5.91 Å². The number of hydrogen-bond acceptors (Lipinski definition) is 3. The van der Waals surface area contributed by atoms with E-state index < -0.39 is 34.7 Å². The van der Waals surface area contributed by atoms with Crippen molar-refractivity contribution in [1.82, 2.24) is 5.32 Å². The smallest absolute Gasteiger partial charge is 0.398 e. The average molecular weight is 303 g/mol. The third kappa shape index (κ3) is 4.11. The van der Waals surface area contributed by atoms with Crippen LogP contribution in [0.1, 0.15) is 29.8 Å². The number of carbonyl (C=O) groups excluding carboxylic acids is 2. The summed E-state index contributed by atoms with van der Waals surface area (Å²) in [5.74, 6) is -1.37. The Labute approximate surface area is 119 Å². The van der Waals surface area contributed by atoms with Crippen LogP contribution < -0.4 is 16.8 Å². The highest BCUT2D eigenvalue weighted by Crippen LogP contribution is 2.34. The van der Waals surface area contributed by atoms with Crippen molar-refractivity contribution in [2.45, 2.75) is 20.0 Å². The number of nitrogens with one attached hydrogen (secondary N) is 1. The van der Waals surface area contributed by atoms with Gasteiger partial charge in [0, 0.05) is 17.8 Å². The molecular formula is C13H16F3N3O2. The zero-order valence-corrected chi connectivity index (χ0v) is 11.5. The zero-order chi connectivity index (χ0) is 16.4. The first-order chi connectivity index (χ1) is 9.45. The molecule has 8 heteroatoms. The predicted molar refractivity (Wildman–Crippen MR) is 71.2 cm³/mol. The number of halogens is 3. The summed E-state index contributed by atoms with van der Waals surface area (Å²) >= 11 is 0. The number of amides is 2. The van der Waals surface area contributed by atoms with E-state index in [2.05, 4.69) is 5.32 Å². The fourth-order valence-electron chi connectivity index (χ4n) is 1.43. The molecule has 5 N–H and O–H groups in total. The highest BCUT2D eigenvalue weighted by atomic mass is 19.4. The van der Waals surface area contributed by atoms with Crippen molar-refractivity contribution in [2.24, 2.45) is 11.1 Å². The van der Waals surface area contributed by atoms with Crippen LogP contribution in [0.2, 0.25) is 0 Å². The maximum Gasteiger partial charge on any atom is 0.418 e. The topological polar surface area (TPSA) is 98.2 Å². The number of carbonyl (C=O) groups is 2. The molecule has 0 aliphatic heterocycles. The van der Waals surface area contributed by atoms with Gasteiger partial charge in [-0.25, -0.2) is 0 Å². The van der Waals surface area contributed by atoms with E-state index in [1.165, 1.54) is 19.9 Å². The molecule has 0 fully saturated rings. The Morgan fingerprint density at radius 3 is 2.29 bits per heavy atom. The van der Waals surface area contributed by atoms with Crippen molar-refractivity contribution < 1.29 is 22.8 Å². The molecule has 0 heterocycles. The first-order valence-corrected chi connectivity index (χ1v) is 6.00. The minimum Gasteiger partial charge on any atom is -0.398 e. The molecule has 0 radical (unpaired) electrons. The second kappa shape index (κ2) is 5.63. The Balaban J connectivity index is 2.92. The molecule has 1 rings (SSSR count). The number of hydrogen-bond donors (Lipinski definition) is 3. The second-order valence-corrected chi connectivity index (χ2v) is 5.23. The maximum atomic E-state index is 12.7. The first-order valence-electron chi connectivity index (χ1n) is 6.00. The molecule has 1 aromatic rings. The summed E-state index contributed by atoms with van der Waals surface area (Å²) in [6.07, 6.45) is -4.65. The molecular weight excluding hydrogens is 287 g/mol. The van der Waals surface area contributed by atoms with Crippen molar-refractivity contribution in [2.75, 3.05) is 12.3 Å². The van der Waals surface area contributed by atoms with Crippen molar-refractivity contribution in [3.05, 3.63) is 29.3 Å². The van der Waals surface area contributed by atoms with E-state index in [9.17, 15) is 22.8 Å². The Morgan fingerprint density at radius 1 is 1.24 bits per heavy atom. The van der Waals surface area contributed by atoms with Crippen LogP contribution in [0.5, 0.6) is 0 Å². The standard InChI is InChI=1S/C13H16F3N3O2/c1-12(2,11(18)21)6-19-10(20)7-3-4-9(17)8(5-7)13(14,15)16/h3-5H,6,17H2,1-2H3,(H2,18,21)(H,19,20). The van der Waals surface area contributed by atoms with Gasteiger partial charge in [-0.2, -0.15) is 13.2 Å². The highest BCUT2D eigenvalue weighted by Gasteiger charge is 2.33. The Kier molecular flexibility index (Phi) is 4.50. The molecule has 1 aromatic carbocycles. The van der Waals surface area contributed by atoms with Gasteiger partial charge in [-0.3, -0.25) is 9.59 Å². The number of anilines is 1. The van der Waals surface area contributed by atoms with Crippen molar-refractivity contribution in [3.8, 4) is 0 Å². The lowest BCUT2D eigenvalue weighted by Crippen LogP contribution is -2.42. The third-order valence-electron chi connectivity index (χ3n) is 2.98. The van der Waals surface area contributed by atoms with Crippen molar-refractivity contribution in [3.63, 3.8) is 0 Å². The number of alkyl halides is 3.